The summed E-state index contributed by atoms with van der Waals surface area (Å²) in [5.41, 5.74) is 2.46. The lowest BCUT2D eigenvalue weighted by Crippen LogP contribution is -2.12. The van der Waals surface area contributed by atoms with E-state index in [1.165, 1.54) is 7.11 Å². The monoisotopic (exact) mass is 267 g/mol. The van der Waals surface area contributed by atoms with Gasteiger partial charge in [-0.05, 0) is 30.3 Å². The third-order valence-electron chi connectivity index (χ3n) is 2.89. The van der Waals surface area contributed by atoms with Crippen LogP contribution in [0, 0.1) is 11.3 Å². The Bertz CT molecular complexity index is 677. The van der Waals surface area contributed by atoms with Gasteiger partial charge in [-0.2, -0.15) is 5.26 Å². The summed E-state index contributed by atoms with van der Waals surface area (Å²) < 4.78 is 4.65. The third kappa shape index (κ3) is 2.75. The maximum absolute atomic E-state index is 11.5. The van der Waals surface area contributed by atoms with Crippen molar-refractivity contribution >= 4 is 17.3 Å². The summed E-state index contributed by atoms with van der Waals surface area (Å²) in [6.07, 6.45) is 1.55. The van der Waals surface area contributed by atoms with Gasteiger partial charge in [0, 0.05) is 24.6 Å². The molecule has 0 fully saturated rings. The summed E-state index contributed by atoms with van der Waals surface area (Å²) in [4.78, 5) is 17.3. The second-order valence-electron chi connectivity index (χ2n) is 4.11. The number of aromatic nitrogens is 1. The van der Waals surface area contributed by atoms with E-state index in [0.29, 0.717) is 5.56 Å². The molecule has 1 aromatic heterocycles. The van der Waals surface area contributed by atoms with E-state index in [9.17, 15) is 4.79 Å². The van der Waals surface area contributed by atoms with E-state index < -0.39 is 5.97 Å². The average molecular weight is 267 g/mol. The summed E-state index contributed by atoms with van der Waals surface area (Å²) in [5.74, 6) is -0.481. The van der Waals surface area contributed by atoms with Crippen molar-refractivity contribution in [2.24, 2.45) is 0 Å². The van der Waals surface area contributed by atoms with Crippen molar-refractivity contribution in [3.8, 4) is 6.07 Å². The smallest absolute Gasteiger partial charge is 0.356 e. The van der Waals surface area contributed by atoms with Gasteiger partial charge < -0.3 is 9.64 Å². The van der Waals surface area contributed by atoms with Crippen molar-refractivity contribution in [2.45, 2.75) is 0 Å². The van der Waals surface area contributed by atoms with Crippen LogP contribution in [0.1, 0.15) is 16.1 Å². The highest BCUT2D eigenvalue weighted by atomic mass is 16.5. The molecule has 0 radical (unpaired) electrons. The zero-order valence-electron chi connectivity index (χ0n) is 11.2. The van der Waals surface area contributed by atoms with E-state index in [-0.39, 0.29) is 5.69 Å². The molecule has 0 atom stereocenters. The lowest BCUT2D eigenvalue weighted by atomic mass is 10.2. The molecule has 2 rings (SSSR count). The first-order valence-electron chi connectivity index (χ1n) is 5.94. The van der Waals surface area contributed by atoms with Gasteiger partial charge in [0.15, 0.2) is 0 Å². The van der Waals surface area contributed by atoms with Gasteiger partial charge in [-0.1, -0.05) is 6.07 Å². The summed E-state index contributed by atoms with van der Waals surface area (Å²) in [6, 6.07) is 12.7. The number of rotatable bonds is 3. The molecule has 0 saturated heterocycles. The lowest BCUT2D eigenvalue weighted by Gasteiger charge is -2.19. The Morgan fingerprint density at radius 3 is 2.75 bits per heavy atom. The summed E-state index contributed by atoms with van der Waals surface area (Å²) in [7, 11) is 3.17. The molecule has 5 nitrogen and oxygen atoms in total. The number of benzene rings is 1. The Labute approximate surface area is 117 Å². The molecule has 20 heavy (non-hydrogen) atoms. The SMILES string of the molecule is COC(=O)c1cc(N(C)c2cccc(C#N)c2)ccn1. The number of nitriles is 1. The van der Waals surface area contributed by atoms with Gasteiger partial charge in [0.25, 0.3) is 0 Å². The van der Waals surface area contributed by atoms with E-state index in [1.54, 1.807) is 30.5 Å². The molecule has 0 bridgehead atoms. The molecule has 2 aromatic rings. The Morgan fingerprint density at radius 1 is 1.30 bits per heavy atom. The molecule has 1 aromatic carbocycles. The minimum atomic E-state index is -0.481. The van der Waals surface area contributed by atoms with Crippen LogP contribution in [0.25, 0.3) is 0 Å². The number of nitrogens with zero attached hydrogens (tertiary/aromatic N) is 3. The van der Waals surface area contributed by atoms with Gasteiger partial charge in [0.2, 0.25) is 0 Å². The number of carbonyl (C=O) groups excluding carboxylic acids is 1. The van der Waals surface area contributed by atoms with Crippen molar-refractivity contribution in [3.63, 3.8) is 0 Å². The molecular weight excluding hydrogens is 254 g/mol. The molecule has 0 N–H and O–H groups in total. The minimum absolute atomic E-state index is 0.244. The fourth-order valence-corrected chi connectivity index (χ4v) is 1.78. The summed E-state index contributed by atoms with van der Waals surface area (Å²) in [6.45, 7) is 0. The van der Waals surface area contributed by atoms with E-state index >= 15 is 0 Å². The Kier molecular flexibility index (Phi) is 3.96. The zero-order valence-corrected chi connectivity index (χ0v) is 11.2. The van der Waals surface area contributed by atoms with Gasteiger partial charge in [-0.15, -0.1) is 0 Å². The van der Waals surface area contributed by atoms with Crippen LogP contribution in [0.15, 0.2) is 42.6 Å². The van der Waals surface area contributed by atoms with Crippen LogP contribution in [0.3, 0.4) is 0 Å². The quantitative estimate of drug-likeness (QED) is 0.799. The molecule has 0 saturated carbocycles. The zero-order chi connectivity index (χ0) is 14.5. The topological polar surface area (TPSA) is 66.2 Å². The number of methoxy groups -OCH3 is 1. The first-order valence-corrected chi connectivity index (χ1v) is 5.94. The van der Waals surface area contributed by atoms with Crippen molar-refractivity contribution < 1.29 is 9.53 Å². The van der Waals surface area contributed by atoms with Crippen molar-refractivity contribution in [1.29, 1.82) is 5.26 Å². The van der Waals surface area contributed by atoms with Crippen LogP contribution in [0.5, 0.6) is 0 Å². The standard InChI is InChI=1S/C15H13N3O2/c1-18(12-5-3-4-11(8-12)10-16)13-6-7-17-14(9-13)15(19)20-2/h3-9H,1-2H3. The Hall–Kier alpha value is -2.87. The molecule has 0 spiro atoms. The molecule has 0 aliphatic rings. The third-order valence-corrected chi connectivity index (χ3v) is 2.89. The Morgan fingerprint density at radius 2 is 2.05 bits per heavy atom. The summed E-state index contributed by atoms with van der Waals surface area (Å²) in [5, 5.41) is 8.92. The molecular formula is C15H13N3O2. The number of hydrogen-bond donors (Lipinski definition) is 0. The van der Waals surface area contributed by atoms with Gasteiger partial charge in [-0.25, -0.2) is 9.78 Å². The molecule has 0 unspecified atom stereocenters. The highest BCUT2D eigenvalue weighted by molar-refractivity contribution is 5.88. The van der Waals surface area contributed by atoms with Gasteiger partial charge in [-0.3, -0.25) is 0 Å². The maximum Gasteiger partial charge on any atom is 0.356 e. The highest BCUT2D eigenvalue weighted by Crippen LogP contribution is 2.24. The Balaban J connectivity index is 2.35. The first-order chi connectivity index (χ1) is 9.65. The molecule has 100 valence electrons. The normalized spacial score (nSPS) is 9.65. The van der Waals surface area contributed by atoms with Gasteiger partial charge in [0.1, 0.15) is 5.69 Å². The number of esters is 1. The molecule has 0 aliphatic heterocycles. The second kappa shape index (κ2) is 5.85. The van der Waals surface area contributed by atoms with Gasteiger partial charge >= 0.3 is 5.97 Å². The number of hydrogen-bond acceptors (Lipinski definition) is 5. The minimum Gasteiger partial charge on any atom is -0.464 e. The fourth-order valence-electron chi connectivity index (χ4n) is 1.78. The van der Waals surface area contributed by atoms with Crippen molar-refractivity contribution in [3.05, 3.63) is 53.9 Å². The van der Waals surface area contributed by atoms with E-state index in [2.05, 4.69) is 15.8 Å². The fraction of sp³-hybridized carbons (Fsp3) is 0.133. The number of ether oxygens (including phenoxy) is 1. The highest BCUT2D eigenvalue weighted by Gasteiger charge is 2.10. The van der Waals surface area contributed by atoms with Crippen molar-refractivity contribution in [1.82, 2.24) is 4.98 Å². The largest absolute Gasteiger partial charge is 0.464 e. The second-order valence-corrected chi connectivity index (χ2v) is 4.11. The van der Waals surface area contributed by atoms with Crippen LogP contribution >= 0.6 is 0 Å². The van der Waals surface area contributed by atoms with Crippen LogP contribution in [0.2, 0.25) is 0 Å². The average Bonchev–Trinajstić information content (AvgIpc) is 2.53. The molecule has 0 aliphatic carbocycles. The maximum atomic E-state index is 11.5. The molecule has 0 amide bonds. The van der Waals surface area contributed by atoms with E-state index in [4.69, 9.17) is 5.26 Å². The van der Waals surface area contributed by atoms with Crippen LogP contribution in [-0.4, -0.2) is 25.1 Å². The van der Waals surface area contributed by atoms with E-state index in [0.717, 1.165) is 11.4 Å². The lowest BCUT2D eigenvalue weighted by molar-refractivity contribution is 0.0594. The summed E-state index contributed by atoms with van der Waals surface area (Å²) >= 11 is 0. The van der Waals surface area contributed by atoms with Gasteiger partial charge in [0.05, 0.1) is 18.7 Å². The first kappa shape index (κ1) is 13.6. The van der Waals surface area contributed by atoms with Crippen LogP contribution in [0.4, 0.5) is 11.4 Å². The number of anilines is 2. The number of carbonyl (C=O) groups is 1. The predicted molar refractivity (Wildman–Crippen MR) is 74.8 cm³/mol. The van der Waals surface area contributed by atoms with Crippen LogP contribution < -0.4 is 4.90 Å². The van der Waals surface area contributed by atoms with Crippen LogP contribution in [-0.2, 0) is 4.74 Å². The van der Waals surface area contributed by atoms with Crippen molar-refractivity contribution in [2.75, 3.05) is 19.1 Å². The molecule has 1 heterocycles. The molecule has 5 heteroatoms. The van der Waals surface area contributed by atoms with E-state index in [1.807, 2.05) is 24.1 Å². The predicted octanol–water partition coefficient (Wildman–Crippen LogP) is 2.51. The number of pyridine rings is 1.